The van der Waals surface area contributed by atoms with E-state index in [1.165, 1.54) is 0 Å². The molecule has 1 aromatic carbocycles. The van der Waals surface area contributed by atoms with Crippen LogP contribution in [0.3, 0.4) is 0 Å². The zero-order chi connectivity index (χ0) is 13.1. The minimum atomic E-state index is -0.479. The number of piperazine rings is 1. The van der Waals surface area contributed by atoms with Gasteiger partial charge in [-0.3, -0.25) is 4.79 Å². The van der Waals surface area contributed by atoms with Crippen molar-refractivity contribution >= 4 is 17.5 Å². The summed E-state index contributed by atoms with van der Waals surface area (Å²) in [6, 6.07) is 7.12. The number of amides is 1. The van der Waals surface area contributed by atoms with Crippen molar-refractivity contribution in [1.29, 1.82) is 0 Å². The molecule has 0 aromatic heterocycles. The van der Waals surface area contributed by atoms with Crippen LogP contribution in [0.5, 0.6) is 0 Å². The van der Waals surface area contributed by atoms with E-state index in [9.17, 15) is 4.79 Å². The molecule has 2 rings (SSSR count). The van der Waals surface area contributed by atoms with Crippen LogP contribution in [-0.2, 0) is 4.79 Å². The number of carbonyl (C=O) groups excluding carboxylic acids is 1. The van der Waals surface area contributed by atoms with Crippen molar-refractivity contribution in [2.45, 2.75) is 19.0 Å². The second-order valence-electron chi connectivity index (χ2n) is 4.56. The Hall–Kier alpha value is -1.10. The summed E-state index contributed by atoms with van der Waals surface area (Å²) in [4.78, 5) is 13.9. The molecule has 0 radical (unpaired) electrons. The van der Waals surface area contributed by atoms with Crippen molar-refractivity contribution in [3.8, 4) is 0 Å². The van der Waals surface area contributed by atoms with Crippen molar-refractivity contribution in [2.75, 3.05) is 19.6 Å². The Bertz CT molecular complexity index is 436. The maximum atomic E-state index is 12.1. The predicted molar refractivity (Wildman–Crippen MR) is 72.4 cm³/mol. The summed E-state index contributed by atoms with van der Waals surface area (Å²) in [5.41, 5.74) is 6.67. The molecule has 1 aliphatic heterocycles. The first-order chi connectivity index (χ1) is 8.61. The van der Waals surface area contributed by atoms with Crippen molar-refractivity contribution in [1.82, 2.24) is 10.2 Å². The number of nitrogens with two attached hydrogens (primary N) is 1. The van der Waals surface area contributed by atoms with Gasteiger partial charge in [0.15, 0.2) is 0 Å². The van der Waals surface area contributed by atoms with Gasteiger partial charge in [-0.15, -0.1) is 0 Å². The third-order valence-corrected chi connectivity index (χ3v) is 3.52. The summed E-state index contributed by atoms with van der Waals surface area (Å²) >= 11 is 6.21. The van der Waals surface area contributed by atoms with Crippen LogP contribution >= 0.6 is 11.6 Å². The van der Waals surface area contributed by atoms with E-state index < -0.39 is 6.04 Å². The summed E-state index contributed by atoms with van der Waals surface area (Å²) in [6.45, 7) is 3.88. The molecule has 1 heterocycles. The van der Waals surface area contributed by atoms with Crippen LogP contribution in [0.4, 0.5) is 0 Å². The van der Waals surface area contributed by atoms with E-state index in [2.05, 4.69) is 5.32 Å². The first-order valence-electron chi connectivity index (χ1n) is 6.12. The van der Waals surface area contributed by atoms with E-state index in [1.807, 2.05) is 29.2 Å². The highest BCUT2D eigenvalue weighted by atomic mass is 35.5. The zero-order valence-corrected chi connectivity index (χ0v) is 11.2. The molecule has 0 saturated carbocycles. The van der Waals surface area contributed by atoms with Crippen molar-refractivity contribution < 1.29 is 4.79 Å². The Labute approximate surface area is 112 Å². The van der Waals surface area contributed by atoms with E-state index >= 15 is 0 Å². The molecule has 5 heteroatoms. The average Bonchev–Trinajstić information content (AvgIpc) is 2.38. The standard InChI is InChI=1S/C13H18ClN3O/c1-9(15)13(18)17-7-6-16-8-12(17)10-4-2-3-5-11(10)14/h2-5,9,12,16H,6-8,15H2,1H3/t9-,12?/m0/s1. The number of carbonyl (C=O) groups is 1. The third kappa shape index (κ3) is 2.66. The minimum Gasteiger partial charge on any atom is -0.332 e. The molecule has 1 saturated heterocycles. The lowest BCUT2D eigenvalue weighted by Crippen LogP contribution is -2.52. The maximum absolute atomic E-state index is 12.1. The Kier molecular flexibility index (Phi) is 4.22. The number of hydrogen-bond acceptors (Lipinski definition) is 3. The Morgan fingerprint density at radius 3 is 2.94 bits per heavy atom. The summed E-state index contributed by atoms with van der Waals surface area (Å²) in [5, 5.41) is 3.98. The Morgan fingerprint density at radius 2 is 2.28 bits per heavy atom. The van der Waals surface area contributed by atoms with Crippen LogP contribution in [0, 0.1) is 0 Å². The van der Waals surface area contributed by atoms with Crippen LogP contribution in [0.1, 0.15) is 18.5 Å². The van der Waals surface area contributed by atoms with Crippen molar-refractivity contribution in [2.24, 2.45) is 5.73 Å². The lowest BCUT2D eigenvalue weighted by atomic mass is 10.0. The Balaban J connectivity index is 2.29. The van der Waals surface area contributed by atoms with E-state index in [0.717, 1.165) is 12.1 Å². The fraction of sp³-hybridized carbons (Fsp3) is 0.462. The second kappa shape index (κ2) is 5.69. The quantitative estimate of drug-likeness (QED) is 0.845. The molecule has 1 unspecified atom stereocenters. The number of hydrogen-bond donors (Lipinski definition) is 2. The van der Waals surface area contributed by atoms with Crippen molar-refractivity contribution in [3.63, 3.8) is 0 Å². The topological polar surface area (TPSA) is 58.4 Å². The van der Waals surface area contributed by atoms with Crippen LogP contribution in [0.2, 0.25) is 5.02 Å². The van der Waals surface area contributed by atoms with Gasteiger partial charge in [0.25, 0.3) is 0 Å². The first kappa shape index (κ1) is 13.3. The smallest absolute Gasteiger partial charge is 0.239 e. The van der Waals surface area contributed by atoms with Gasteiger partial charge in [0.1, 0.15) is 0 Å². The van der Waals surface area contributed by atoms with Crippen LogP contribution in [0.15, 0.2) is 24.3 Å². The largest absolute Gasteiger partial charge is 0.332 e. The summed E-state index contributed by atoms with van der Waals surface area (Å²) in [6.07, 6.45) is 0. The molecule has 0 spiro atoms. The predicted octanol–water partition coefficient (Wildman–Crippen LogP) is 1.16. The molecule has 1 aromatic rings. The van der Waals surface area contributed by atoms with Crippen molar-refractivity contribution in [3.05, 3.63) is 34.9 Å². The average molecular weight is 268 g/mol. The molecule has 0 aliphatic carbocycles. The van der Waals surface area contributed by atoms with E-state index in [4.69, 9.17) is 17.3 Å². The summed E-state index contributed by atoms with van der Waals surface area (Å²) < 4.78 is 0. The van der Waals surface area contributed by atoms with Gasteiger partial charge in [-0.1, -0.05) is 29.8 Å². The number of rotatable bonds is 2. The molecule has 1 fully saturated rings. The molecule has 2 atom stereocenters. The van der Waals surface area contributed by atoms with Gasteiger partial charge in [-0.25, -0.2) is 0 Å². The van der Waals surface area contributed by atoms with Gasteiger partial charge in [-0.05, 0) is 18.6 Å². The number of benzene rings is 1. The maximum Gasteiger partial charge on any atom is 0.239 e. The fourth-order valence-electron chi connectivity index (χ4n) is 2.25. The lowest BCUT2D eigenvalue weighted by Gasteiger charge is -2.37. The van der Waals surface area contributed by atoms with Gasteiger partial charge in [-0.2, -0.15) is 0 Å². The van der Waals surface area contributed by atoms with Gasteiger partial charge < -0.3 is 16.0 Å². The SMILES string of the molecule is C[C@H](N)C(=O)N1CCNCC1c1ccccc1Cl. The molecule has 18 heavy (non-hydrogen) atoms. The van der Waals surface area contributed by atoms with E-state index in [1.54, 1.807) is 6.92 Å². The highest BCUT2D eigenvalue weighted by molar-refractivity contribution is 6.31. The van der Waals surface area contributed by atoms with Gasteiger partial charge in [0.2, 0.25) is 5.91 Å². The zero-order valence-electron chi connectivity index (χ0n) is 10.4. The lowest BCUT2D eigenvalue weighted by molar-refractivity contribution is -0.135. The molecule has 98 valence electrons. The Morgan fingerprint density at radius 1 is 1.56 bits per heavy atom. The van der Waals surface area contributed by atoms with Crippen LogP contribution in [0.25, 0.3) is 0 Å². The van der Waals surface area contributed by atoms with Crippen LogP contribution in [-0.4, -0.2) is 36.5 Å². The monoisotopic (exact) mass is 267 g/mol. The highest BCUT2D eigenvalue weighted by Crippen LogP contribution is 2.28. The summed E-state index contributed by atoms with van der Waals surface area (Å²) in [7, 11) is 0. The summed E-state index contributed by atoms with van der Waals surface area (Å²) in [5.74, 6) is -0.0265. The molecular formula is C13H18ClN3O. The number of nitrogens with zero attached hydrogens (tertiary/aromatic N) is 1. The fourth-order valence-corrected chi connectivity index (χ4v) is 2.51. The van der Waals surface area contributed by atoms with E-state index in [0.29, 0.717) is 18.1 Å². The number of halogens is 1. The normalized spacial score (nSPS) is 21.7. The molecule has 3 N–H and O–H groups in total. The first-order valence-corrected chi connectivity index (χ1v) is 6.50. The molecular weight excluding hydrogens is 250 g/mol. The molecule has 0 bridgehead atoms. The molecule has 1 aliphatic rings. The van der Waals surface area contributed by atoms with Gasteiger partial charge in [0, 0.05) is 24.7 Å². The van der Waals surface area contributed by atoms with Crippen LogP contribution < -0.4 is 11.1 Å². The number of nitrogens with one attached hydrogen (secondary N) is 1. The second-order valence-corrected chi connectivity index (χ2v) is 4.97. The molecule has 4 nitrogen and oxygen atoms in total. The minimum absolute atomic E-state index is 0.0265. The van der Waals surface area contributed by atoms with Gasteiger partial charge >= 0.3 is 0 Å². The third-order valence-electron chi connectivity index (χ3n) is 3.18. The molecule has 1 amide bonds. The highest BCUT2D eigenvalue weighted by Gasteiger charge is 2.30. The van der Waals surface area contributed by atoms with Gasteiger partial charge in [0.05, 0.1) is 12.1 Å². The van der Waals surface area contributed by atoms with E-state index in [-0.39, 0.29) is 11.9 Å².